The molecule has 1 aromatic rings. The Balaban J connectivity index is 1.75. The van der Waals surface area contributed by atoms with Gasteiger partial charge in [0.1, 0.15) is 0 Å². The SMILES string of the molecule is CCN(C)C(=O)CNCC(=O)N1CCc2sccc2C1. The highest BCUT2D eigenvalue weighted by Gasteiger charge is 2.21. The van der Waals surface area contributed by atoms with E-state index in [1.807, 2.05) is 11.8 Å². The van der Waals surface area contributed by atoms with Crippen LogP contribution in [-0.4, -0.2) is 54.8 Å². The van der Waals surface area contributed by atoms with E-state index in [0.29, 0.717) is 13.1 Å². The summed E-state index contributed by atoms with van der Waals surface area (Å²) >= 11 is 1.76. The number of amides is 2. The van der Waals surface area contributed by atoms with Gasteiger partial charge in [-0.15, -0.1) is 11.3 Å². The molecule has 0 saturated heterocycles. The van der Waals surface area contributed by atoms with E-state index in [2.05, 4.69) is 16.8 Å². The maximum Gasteiger partial charge on any atom is 0.236 e. The Morgan fingerprint density at radius 2 is 2.25 bits per heavy atom. The van der Waals surface area contributed by atoms with Crippen molar-refractivity contribution in [1.29, 1.82) is 0 Å². The topological polar surface area (TPSA) is 52.7 Å². The molecule has 2 rings (SSSR count). The second kappa shape index (κ2) is 6.85. The predicted molar refractivity (Wildman–Crippen MR) is 79.6 cm³/mol. The normalized spacial score (nSPS) is 14.0. The molecule has 0 unspecified atom stereocenters. The molecule has 0 radical (unpaired) electrons. The molecule has 2 amide bonds. The summed E-state index contributed by atoms with van der Waals surface area (Å²) in [6, 6.07) is 2.09. The van der Waals surface area contributed by atoms with Crippen LogP contribution in [0.25, 0.3) is 0 Å². The number of fused-ring (bicyclic) bond motifs is 1. The number of hydrogen-bond acceptors (Lipinski definition) is 4. The molecule has 0 aliphatic carbocycles. The van der Waals surface area contributed by atoms with Gasteiger partial charge in [0.15, 0.2) is 0 Å². The van der Waals surface area contributed by atoms with E-state index in [1.54, 1.807) is 23.3 Å². The van der Waals surface area contributed by atoms with E-state index in [0.717, 1.165) is 13.0 Å². The fraction of sp³-hybridized carbons (Fsp3) is 0.571. The van der Waals surface area contributed by atoms with Gasteiger partial charge in [0, 0.05) is 31.6 Å². The summed E-state index contributed by atoms with van der Waals surface area (Å²) in [4.78, 5) is 28.6. The second-order valence-corrected chi connectivity index (χ2v) is 5.95. The van der Waals surface area contributed by atoms with Crippen LogP contribution in [0.3, 0.4) is 0 Å². The van der Waals surface area contributed by atoms with E-state index in [1.165, 1.54) is 10.4 Å². The summed E-state index contributed by atoms with van der Waals surface area (Å²) < 4.78 is 0. The first-order valence-electron chi connectivity index (χ1n) is 6.89. The number of thiophene rings is 1. The van der Waals surface area contributed by atoms with Gasteiger partial charge < -0.3 is 9.80 Å². The minimum atomic E-state index is 0.0130. The predicted octanol–water partition coefficient (Wildman–Crippen LogP) is 0.701. The van der Waals surface area contributed by atoms with Gasteiger partial charge in [-0.25, -0.2) is 0 Å². The van der Waals surface area contributed by atoms with Crippen LogP contribution in [0.4, 0.5) is 0 Å². The summed E-state index contributed by atoms with van der Waals surface area (Å²) in [6.07, 6.45) is 0.941. The van der Waals surface area contributed by atoms with Gasteiger partial charge in [-0.2, -0.15) is 0 Å². The lowest BCUT2D eigenvalue weighted by atomic mass is 10.1. The number of carbonyl (C=O) groups is 2. The highest BCUT2D eigenvalue weighted by molar-refractivity contribution is 7.10. The van der Waals surface area contributed by atoms with E-state index in [-0.39, 0.29) is 24.9 Å². The lowest BCUT2D eigenvalue weighted by Gasteiger charge is -2.27. The van der Waals surface area contributed by atoms with Gasteiger partial charge in [-0.05, 0) is 30.4 Å². The fourth-order valence-electron chi connectivity index (χ4n) is 2.16. The smallest absolute Gasteiger partial charge is 0.236 e. The standard InChI is InChI=1S/C14H21N3O2S/c1-3-16(2)13(18)8-15-9-14(19)17-6-4-12-11(10-17)5-7-20-12/h5,7,15H,3-4,6,8-10H2,1-2H3. The average molecular weight is 295 g/mol. The molecule has 20 heavy (non-hydrogen) atoms. The Kier molecular flexibility index (Phi) is 5.14. The Bertz CT molecular complexity index is 487. The zero-order valence-electron chi connectivity index (χ0n) is 12.0. The maximum absolute atomic E-state index is 12.1. The summed E-state index contributed by atoms with van der Waals surface area (Å²) in [6.45, 7) is 4.52. The van der Waals surface area contributed by atoms with E-state index in [4.69, 9.17) is 0 Å². The number of likely N-dealkylation sites (N-methyl/N-ethyl adjacent to an activating group) is 1. The van der Waals surface area contributed by atoms with Gasteiger partial charge in [-0.3, -0.25) is 14.9 Å². The van der Waals surface area contributed by atoms with Crippen molar-refractivity contribution < 1.29 is 9.59 Å². The molecule has 0 fully saturated rings. The third-order valence-electron chi connectivity index (χ3n) is 3.61. The van der Waals surface area contributed by atoms with Gasteiger partial charge in [0.25, 0.3) is 0 Å². The van der Waals surface area contributed by atoms with Crippen LogP contribution in [-0.2, 0) is 22.6 Å². The summed E-state index contributed by atoms with van der Waals surface area (Å²) in [5.41, 5.74) is 1.26. The molecule has 2 heterocycles. The summed E-state index contributed by atoms with van der Waals surface area (Å²) in [5.74, 6) is 0.0767. The maximum atomic E-state index is 12.1. The van der Waals surface area contributed by atoms with E-state index in [9.17, 15) is 9.59 Å². The molecule has 0 atom stereocenters. The van der Waals surface area contributed by atoms with Crippen LogP contribution < -0.4 is 5.32 Å². The number of nitrogens with zero attached hydrogens (tertiary/aromatic N) is 2. The molecular formula is C14H21N3O2S. The molecule has 110 valence electrons. The number of hydrogen-bond donors (Lipinski definition) is 1. The minimum Gasteiger partial charge on any atom is -0.345 e. The lowest BCUT2D eigenvalue weighted by Crippen LogP contribution is -2.43. The van der Waals surface area contributed by atoms with Crippen molar-refractivity contribution in [3.63, 3.8) is 0 Å². The molecule has 1 aromatic heterocycles. The largest absolute Gasteiger partial charge is 0.345 e. The third kappa shape index (κ3) is 3.58. The molecule has 0 bridgehead atoms. The van der Waals surface area contributed by atoms with Crippen LogP contribution in [0, 0.1) is 0 Å². The van der Waals surface area contributed by atoms with Crippen LogP contribution in [0.1, 0.15) is 17.4 Å². The van der Waals surface area contributed by atoms with Crippen molar-refractivity contribution in [2.45, 2.75) is 19.9 Å². The molecule has 1 aliphatic rings. The van der Waals surface area contributed by atoms with Crippen LogP contribution in [0.5, 0.6) is 0 Å². The molecule has 1 aliphatic heterocycles. The average Bonchev–Trinajstić information content (AvgIpc) is 2.93. The number of carbonyl (C=O) groups excluding carboxylic acids is 2. The van der Waals surface area contributed by atoms with E-state index < -0.39 is 0 Å². The summed E-state index contributed by atoms with van der Waals surface area (Å²) in [7, 11) is 1.76. The first-order chi connectivity index (χ1) is 9.61. The van der Waals surface area contributed by atoms with Crippen LogP contribution >= 0.6 is 11.3 Å². The Morgan fingerprint density at radius 1 is 1.45 bits per heavy atom. The Labute approximate surface area is 123 Å². The van der Waals surface area contributed by atoms with Crippen LogP contribution in [0.15, 0.2) is 11.4 Å². The molecule has 0 saturated carbocycles. The van der Waals surface area contributed by atoms with Crippen LogP contribution in [0.2, 0.25) is 0 Å². The molecule has 6 heteroatoms. The molecular weight excluding hydrogens is 274 g/mol. The van der Waals surface area contributed by atoms with E-state index >= 15 is 0 Å². The molecule has 0 aromatic carbocycles. The molecule has 0 spiro atoms. The highest BCUT2D eigenvalue weighted by atomic mass is 32.1. The summed E-state index contributed by atoms with van der Waals surface area (Å²) in [5, 5.41) is 5.01. The Hall–Kier alpha value is -1.40. The first-order valence-corrected chi connectivity index (χ1v) is 7.77. The third-order valence-corrected chi connectivity index (χ3v) is 4.64. The van der Waals surface area contributed by atoms with Crippen molar-refractivity contribution in [2.24, 2.45) is 0 Å². The van der Waals surface area contributed by atoms with Crippen molar-refractivity contribution in [3.8, 4) is 0 Å². The molecule has 5 nitrogen and oxygen atoms in total. The minimum absolute atomic E-state index is 0.0130. The zero-order chi connectivity index (χ0) is 14.5. The van der Waals surface area contributed by atoms with Gasteiger partial charge in [0.05, 0.1) is 13.1 Å². The van der Waals surface area contributed by atoms with Crippen molar-refractivity contribution in [2.75, 3.05) is 33.2 Å². The zero-order valence-corrected chi connectivity index (χ0v) is 12.8. The fourth-order valence-corrected chi connectivity index (χ4v) is 3.05. The van der Waals surface area contributed by atoms with Crippen molar-refractivity contribution in [3.05, 3.63) is 21.9 Å². The highest BCUT2D eigenvalue weighted by Crippen LogP contribution is 2.23. The quantitative estimate of drug-likeness (QED) is 0.870. The van der Waals surface area contributed by atoms with Crippen molar-refractivity contribution in [1.82, 2.24) is 15.1 Å². The lowest BCUT2D eigenvalue weighted by molar-refractivity contribution is -0.131. The van der Waals surface area contributed by atoms with Gasteiger partial charge in [0.2, 0.25) is 11.8 Å². The monoisotopic (exact) mass is 295 g/mol. The molecule has 1 N–H and O–H groups in total. The van der Waals surface area contributed by atoms with Crippen molar-refractivity contribution >= 4 is 23.2 Å². The number of rotatable bonds is 5. The van der Waals surface area contributed by atoms with Gasteiger partial charge in [-0.1, -0.05) is 0 Å². The second-order valence-electron chi connectivity index (χ2n) is 4.95. The first kappa shape index (κ1) is 15.0. The Morgan fingerprint density at radius 3 is 3.00 bits per heavy atom. The van der Waals surface area contributed by atoms with Gasteiger partial charge >= 0.3 is 0 Å². The number of nitrogens with one attached hydrogen (secondary N) is 1.